The van der Waals surface area contributed by atoms with Crippen molar-refractivity contribution in [1.29, 1.82) is 0 Å². The Morgan fingerprint density at radius 2 is 1.29 bits per heavy atom. The maximum absolute atomic E-state index is 2.30. The van der Waals surface area contributed by atoms with Crippen molar-refractivity contribution in [3.05, 3.63) is 30.6 Å². The molecule has 1 rings (SSSR count). The second-order valence-electron chi connectivity index (χ2n) is 5.55. The van der Waals surface area contributed by atoms with E-state index in [-0.39, 0.29) is 24.0 Å². The third kappa shape index (κ3) is 13.8. The molecule has 0 amide bonds. The van der Waals surface area contributed by atoms with E-state index in [9.17, 15) is 0 Å². The zero-order valence-electron chi connectivity index (χ0n) is 13.6. The van der Waals surface area contributed by atoms with Crippen LogP contribution in [0.25, 0.3) is 0 Å². The van der Waals surface area contributed by atoms with Gasteiger partial charge in [0.25, 0.3) is 0 Å². The third-order valence-electron chi connectivity index (χ3n) is 3.62. The molecule has 0 spiro atoms. The van der Waals surface area contributed by atoms with Crippen LogP contribution in [-0.4, -0.2) is 15.0 Å². The zero-order valence-corrected chi connectivity index (χ0v) is 17.5. The minimum atomic E-state index is 0. The van der Waals surface area contributed by atoms with Crippen molar-refractivity contribution in [3.63, 3.8) is 0 Å². The van der Waals surface area contributed by atoms with Gasteiger partial charge in [-0.05, 0) is 0 Å². The summed E-state index contributed by atoms with van der Waals surface area (Å²) >= 11 is 0.886. The van der Waals surface area contributed by atoms with Crippen molar-refractivity contribution in [1.82, 2.24) is 0 Å². The van der Waals surface area contributed by atoms with Crippen molar-refractivity contribution >= 4 is 15.0 Å². The molecule has 0 fully saturated rings. The van der Waals surface area contributed by atoms with Crippen LogP contribution >= 0.6 is 0 Å². The van der Waals surface area contributed by atoms with Crippen LogP contribution in [-0.2, 0) is 6.54 Å². The number of rotatable bonds is 13. The Balaban J connectivity index is 0.00000400. The van der Waals surface area contributed by atoms with Gasteiger partial charge in [0, 0.05) is 0 Å². The van der Waals surface area contributed by atoms with Gasteiger partial charge in [-0.25, -0.2) is 0 Å². The predicted octanol–water partition coefficient (Wildman–Crippen LogP) is 2.05. The number of halogens is 1. The van der Waals surface area contributed by atoms with Crippen LogP contribution in [0.3, 0.4) is 0 Å². The van der Waals surface area contributed by atoms with E-state index in [0.717, 1.165) is 15.0 Å². The van der Waals surface area contributed by atoms with Crippen molar-refractivity contribution in [2.75, 3.05) is 0 Å². The first-order chi connectivity index (χ1) is 9.93. The van der Waals surface area contributed by atoms with Gasteiger partial charge in [-0.15, -0.1) is 0 Å². The fourth-order valence-electron chi connectivity index (χ4n) is 2.37. The summed E-state index contributed by atoms with van der Waals surface area (Å²) in [6.07, 6.45) is 17.3. The number of hydrogen-bond acceptors (Lipinski definition) is 0. The Labute approximate surface area is 155 Å². The van der Waals surface area contributed by atoms with E-state index in [1.165, 1.54) is 75.0 Å². The van der Waals surface area contributed by atoms with Crippen LogP contribution in [0.15, 0.2) is 30.6 Å². The van der Waals surface area contributed by atoms with Crippen molar-refractivity contribution in [2.45, 2.75) is 81.9 Å². The summed E-state index contributed by atoms with van der Waals surface area (Å²) in [5.41, 5.74) is 0. The molecule has 0 saturated carbocycles. The van der Waals surface area contributed by atoms with Crippen LogP contribution in [0, 0.1) is 0 Å². The maximum Gasteiger partial charge on any atom is -1.00 e. The molecule has 1 nitrogen and oxygen atoms in total. The summed E-state index contributed by atoms with van der Waals surface area (Å²) < 4.78 is 2.30. The fraction of sp³-hybridized carbons (Fsp3) is 0.722. The Morgan fingerprint density at radius 1 is 0.714 bits per heavy atom. The number of hydrogen-bond donors (Lipinski definition) is 0. The smallest absolute Gasteiger partial charge is 1.00 e. The molecule has 1 aromatic heterocycles. The summed E-state index contributed by atoms with van der Waals surface area (Å²) in [4.78, 5) is 0. The number of aromatic nitrogens is 1. The van der Waals surface area contributed by atoms with Crippen LogP contribution in [0.2, 0.25) is 10.6 Å². The van der Waals surface area contributed by atoms with Gasteiger partial charge in [-0.2, -0.15) is 0 Å². The minimum absolute atomic E-state index is 0. The number of unbranched alkanes of at least 4 members (excludes halogenated alkanes) is 7. The molecule has 0 N–H and O–H groups in total. The van der Waals surface area contributed by atoms with E-state index in [4.69, 9.17) is 0 Å². The Hall–Kier alpha value is 0.399. The van der Waals surface area contributed by atoms with Gasteiger partial charge in [0.05, 0.1) is 0 Å². The molecule has 0 unspecified atom stereocenters. The quantitative estimate of drug-likeness (QED) is 0.181. The van der Waals surface area contributed by atoms with E-state index in [1.54, 1.807) is 0 Å². The molecular weight excluding hydrogens is 436 g/mol. The topological polar surface area (TPSA) is 3.88 Å². The summed E-state index contributed by atoms with van der Waals surface area (Å²) in [7, 11) is 0. The molecule has 0 aliphatic carbocycles. The van der Waals surface area contributed by atoms with Gasteiger partial charge >= 0.3 is 132 Å². The molecule has 1 heterocycles. The van der Waals surface area contributed by atoms with Crippen LogP contribution in [0.1, 0.15) is 64.7 Å². The molecule has 0 aliphatic rings. The van der Waals surface area contributed by atoms with E-state index >= 15 is 0 Å². The Kier molecular flexibility index (Phi) is 17.1. The van der Waals surface area contributed by atoms with Gasteiger partial charge in [0.1, 0.15) is 0 Å². The van der Waals surface area contributed by atoms with E-state index in [0.29, 0.717) is 0 Å². The molecule has 0 atom stereocenters. The molecule has 122 valence electrons. The SMILES string of the molecule is CCCCCCCCCC[Se]CCC[n+]1ccccc1.[I-]. The maximum atomic E-state index is 2.30. The number of aryl methyl sites for hydroxylation is 1. The first kappa shape index (κ1) is 21.4. The van der Waals surface area contributed by atoms with E-state index in [1.807, 2.05) is 0 Å². The van der Waals surface area contributed by atoms with Gasteiger partial charge in [-0.3, -0.25) is 0 Å². The molecule has 0 radical (unpaired) electrons. The molecule has 3 heteroatoms. The van der Waals surface area contributed by atoms with Gasteiger partial charge < -0.3 is 24.0 Å². The van der Waals surface area contributed by atoms with Crippen LogP contribution in [0.5, 0.6) is 0 Å². The van der Waals surface area contributed by atoms with Crippen molar-refractivity contribution in [3.8, 4) is 0 Å². The largest absolute Gasteiger partial charge is 1.00 e. The molecule has 0 saturated heterocycles. The average Bonchev–Trinajstić information content (AvgIpc) is 2.49. The summed E-state index contributed by atoms with van der Waals surface area (Å²) in [5.74, 6) is 0. The first-order valence-corrected chi connectivity index (χ1v) is 10.9. The number of nitrogens with zero attached hydrogens (tertiary/aromatic N) is 1. The number of pyridine rings is 1. The normalized spacial score (nSPS) is 10.3. The second kappa shape index (κ2) is 16.8. The second-order valence-corrected chi connectivity index (χ2v) is 8.12. The summed E-state index contributed by atoms with van der Waals surface area (Å²) in [6, 6.07) is 6.32. The van der Waals surface area contributed by atoms with Crippen molar-refractivity contribution < 1.29 is 28.5 Å². The molecule has 1 aromatic rings. The van der Waals surface area contributed by atoms with Gasteiger partial charge in [0.15, 0.2) is 0 Å². The summed E-state index contributed by atoms with van der Waals surface area (Å²) in [6.45, 7) is 3.48. The molecule has 0 aliphatic heterocycles. The average molecular weight is 468 g/mol. The van der Waals surface area contributed by atoms with E-state index in [2.05, 4.69) is 42.1 Å². The minimum Gasteiger partial charge on any atom is -1.00 e. The molecule has 0 aromatic carbocycles. The van der Waals surface area contributed by atoms with Gasteiger partial charge in [0.2, 0.25) is 0 Å². The first-order valence-electron chi connectivity index (χ1n) is 8.45. The van der Waals surface area contributed by atoms with Gasteiger partial charge in [-0.1, -0.05) is 0 Å². The third-order valence-corrected chi connectivity index (χ3v) is 6.05. The Bertz CT molecular complexity index is 305. The van der Waals surface area contributed by atoms with Crippen molar-refractivity contribution in [2.24, 2.45) is 0 Å². The molecular formula is C18H32INSe. The van der Waals surface area contributed by atoms with Crippen LogP contribution < -0.4 is 28.5 Å². The molecule has 0 bridgehead atoms. The summed E-state index contributed by atoms with van der Waals surface area (Å²) in [5, 5.41) is 2.95. The fourth-order valence-corrected chi connectivity index (χ4v) is 4.36. The molecule has 21 heavy (non-hydrogen) atoms. The standard InChI is InChI=1S/C18H32NSe.HI/c1-2-3-4-5-6-7-8-12-17-20-18-13-16-19-14-10-9-11-15-19;/h9-11,14-15H,2-8,12-13,16-18H2,1H3;1H/q+1;/p-1. The monoisotopic (exact) mass is 469 g/mol. The van der Waals surface area contributed by atoms with Crippen LogP contribution in [0.4, 0.5) is 0 Å². The predicted molar refractivity (Wildman–Crippen MR) is 89.2 cm³/mol. The zero-order chi connectivity index (χ0) is 14.3. The Morgan fingerprint density at radius 3 is 1.95 bits per heavy atom. The van der Waals surface area contributed by atoms with E-state index < -0.39 is 0 Å².